The largest absolute Gasteiger partial charge is 0.373 e. The Labute approximate surface area is 141 Å². The number of rotatable bonds is 1. The van der Waals surface area contributed by atoms with Crippen LogP contribution in [0.15, 0.2) is 48.5 Å². The van der Waals surface area contributed by atoms with Crippen LogP contribution in [0.3, 0.4) is 0 Å². The van der Waals surface area contributed by atoms with E-state index in [0.29, 0.717) is 12.2 Å². The topological polar surface area (TPSA) is 39.3 Å². The average Bonchev–Trinajstić information content (AvgIpc) is 2.93. The molecule has 4 rings (SSSR count). The van der Waals surface area contributed by atoms with Crippen LogP contribution in [-0.2, 0) is 6.54 Å². The number of hydrogen-bond donors (Lipinski definition) is 1. The summed E-state index contributed by atoms with van der Waals surface area (Å²) in [5, 5.41) is 1.08. The quantitative estimate of drug-likeness (QED) is 0.745. The zero-order valence-electron chi connectivity index (χ0n) is 14.0. The van der Waals surface area contributed by atoms with Crippen molar-refractivity contribution in [3.8, 4) is 0 Å². The molecule has 0 radical (unpaired) electrons. The number of amides is 1. The van der Waals surface area contributed by atoms with Crippen molar-refractivity contribution < 1.29 is 4.79 Å². The van der Waals surface area contributed by atoms with Gasteiger partial charge in [-0.25, -0.2) is 0 Å². The second-order valence-electron chi connectivity index (χ2n) is 6.55. The van der Waals surface area contributed by atoms with Gasteiger partial charge >= 0.3 is 0 Å². The number of para-hydroxylation sites is 1. The van der Waals surface area contributed by atoms with Crippen LogP contribution in [-0.4, -0.2) is 35.9 Å². The van der Waals surface area contributed by atoms with Crippen molar-refractivity contribution in [2.24, 2.45) is 0 Å². The number of carbonyl (C=O) groups is 1. The minimum Gasteiger partial charge on any atom is -0.373 e. The SMILES string of the molecule is Cc1ccc2cc(C(=O)N3CCN(C)c4ccccc4C3)[nH]c2c1. The summed E-state index contributed by atoms with van der Waals surface area (Å²) < 4.78 is 0. The third-order valence-electron chi connectivity index (χ3n) is 4.76. The zero-order valence-corrected chi connectivity index (χ0v) is 14.0. The molecule has 2 aromatic carbocycles. The molecule has 0 bridgehead atoms. The summed E-state index contributed by atoms with van der Waals surface area (Å²) in [5.74, 6) is 0.0638. The second kappa shape index (κ2) is 5.71. The zero-order chi connectivity index (χ0) is 16.7. The van der Waals surface area contributed by atoms with E-state index in [1.54, 1.807) is 0 Å². The smallest absolute Gasteiger partial charge is 0.270 e. The van der Waals surface area contributed by atoms with E-state index >= 15 is 0 Å². The number of aromatic amines is 1. The lowest BCUT2D eigenvalue weighted by Gasteiger charge is -2.20. The molecule has 0 aliphatic carbocycles. The summed E-state index contributed by atoms with van der Waals surface area (Å²) in [7, 11) is 2.08. The van der Waals surface area contributed by atoms with Crippen molar-refractivity contribution in [2.45, 2.75) is 13.5 Å². The molecule has 0 spiro atoms. The van der Waals surface area contributed by atoms with Crippen LogP contribution in [0.1, 0.15) is 21.6 Å². The normalized spacial score (nSPS) is 14.6. The maximum absolute atomic E-state index is 13.0. The van der Waals surface area contributed by atoms with Gasteiger partial charge < -0.3 is 14.8 Å². The Balaban J connectivity index is 1.66. The summed E-state index contributed by atoms with van der Waals surface area (Å²) in [6, 6.07) is 16.5. The first-order chi connectivity index (χ1) is 11.6. The first kappa shape index (κ1) is 14.8. The maximum Gasteiger partial charge on any atom is 0.270 e. The van der Waals surface area contributed by atoms with E-state index in [-0.39, 0.29) is 5.91 Å². The highest BCUT2D eigenvalue weighted by molar-refractivity contribution is 5.98. The van der Waals surface area contributed by atoms with Gasteiger partial charge in [0.05, 0.1) is 0 Å². The Hall–Kier alpha value is -2.75. The molecule has 4 heteroatoms. The number of nitrogens with zero attached hydrogens (tertiary/aromatic N) is 2. The Morgan fingerprint density at radius 1 is 1.08 bits per heavy atom. The number of H-pyrrole nitrogens is 1. The van der Waals surface area contributed by atoms with Crippen molar-refractivity contribution >= 4 is 22.5 Å². The lowest BCUT2D eigenvalue weighted by atomic mass is 10.1. The molecule has 0 unspecified atom stereocenters. The molecule has 4 nitrogen and oxygen atoms in total. The molecule has 0 atom stereocenters. The molecule has 24 heavy (non-hydrogen) atoms. The Bertz CT molecular complexity index is 912. The number of aromatic nitrogens is 1. The molecule has 0 saturated heterocycles. The van der Waals surface area contributed by atoms with Crippen molar-refractivity contribution in [3.05, 3.63) is 65.4 Å². The number of nitrogens with one attached hydrogen (secondary N) is 1. The van der Waals surface area contributed by atoms with Crippen LogP contribution in [0.25, 0.3) is 10.9 Å². The van der Waals surface area contributed by atoms with Crippen LogP contribution in [0.5, 0.6) is 0 Å². The molecule has 1 aliphatic heterocycles. The van der Waals surface area contributed by atoms with Crippen molar-refractivity contribution in [2.75, 3.05) is 25.0 Å². The molecule has 1 aliphatic rings. The van der Waals surface area contributed by atoms with Gasteiger partial charge in [0, 0.05) is 43.3 Å². The summed E-state index contributed by atoms with van der Waals surface area (Å²) >= 11 is 0. The van der Waals surface area contributed by atoms with Crippen molar-refractivity contribution in [1.29, 1.82) is 0 Å². The van der Waals surface area contributed by atoms with Crippen molar-refractivity contribution in [3.63, 3.8) is 0 Å². The first-order valence-electron chi connectivity index (χ1n) is 8.29. The van der Waals surface area contributed by atoms with Gasteiger partial charge in [0.15, 0.2) is 0 Å². The van der Waals surface area contributed by atoms with Crippen LogP contribution >= 0.6 is 0 Å². The van der Waals surface area contributed by atoms with E-state index in [1.165, 1.54) is 16.8 Å². The fraction of sp³-hybridized carbons (Fsp3) is 0.250. The predicted octanol–water partition coefficient (Wildman–Crippen LogP) is 3.57. The number of fused-ring (bicyclic) bond motifs is 2. The molecular weight excluding hydrogens is 298 g/mol. The Morgan fingerprint density at radius 3 is 2.79 bits per heavy atom. The molecule has 1 N–H and O–H groups in total. The van der Waals surface area contributed by atoms with Gasteiger partial charge in [0.25, 0.3) is 5.91 Å². The summed E-state index contributed by atoms with van der Waals surface area (Å²) in [5.41, 5.74) is 5.27. The van der Waals surface area contributed by atoms with E-state index in [0.717, 1.165) is 24.0 Å². The predicted molar refractivity (Wildman–Crippen MR) is 97.5 cm³/mol. The minimum absolute atomic E-state index is 0.0638. The van der Waals surface area contributed by atoms with Gasteiger partial charge in [-0.3, -0.25) is 4.79 Å². The minimum atomic E-state index is 0.0638. The van der Waals surface area contributed by atoms with Crippen molar-refractivity contribution in [1.82, 2.24) is 9.88 Å². The molecule has 1 aromatic heterocycles. The van der Waals surface area contributed by atoms with Crippen LogP contribution < -0.4 is 4.90 Å². The third kappa shape index (κ3) is 2.54. The van der Waals surface area contributed by atoms with Gasteiger partial charge in [-0.15, -0.1) is 0 Å². The highest BCUT2D eigenvalue weighted by Crippen LogP contribution is 2.25. The standard InChI is InChI=1S/C20H21N3O/c1-14-7-8-15-12-18(21-17(15)11-14)20(24)23-10-9-22(2)19-6-4-3-5-16(19)13-23/h3-8,11-12,21H,9-10,13H2,1-2H3. The maximum atomic E-state index is 13.0. The van der Waals surface area contributed by atoms with E-state index in [2.05, 4.69) is 54.2 Å². The highest BCUT2D eigenvalue weighted by Gasteiger charge is 2.23. The molecule has 122 valence electrons. The van der Waals surface area contributed by atoms with Gasteiger partial charge in [-0.2, -0.15) is 0 Å². The fourth-order valence-electron chi connectivity index (χ4n) is 3.39. The molecular formula is C20H21N3O. The first-order valence-corrected chi connectivity index (χ1v) is 8.29. The van der Waals surface area contributed by atoms with E-state index in [9.17, 15) is 4.79 Å². The molecule has 1 amide bonds. The third-order valence-corrected chi connectivity index (χ3v) is 4.76. The van der Waals surface area contributed by atoms with Gasteiger partial charge in [-0.05, 0) is 36.2 Å². The molecule has 2 heterocycles. The van der Waals surface area contributed by atoms with E-state index in [1.807, 2.05) is 23.1 Å². The molecule has 3 aromatic rings. The lowest BCUT2D eigenvalue weighted by molar-refractivity contribution is 0.0747. The average molecular weight is 319 g/mol. The van der Waals surface area contributed by atoms with E-state index < -0.39 is 0 Å². The molecule has 0 fully saturated rings. The van der Waals surface area contributed by atoms with Crippen LogP contribution in [0, 0.1) is 6.92 Å². The van der Waals surface area contributed by atoms with Crippen LogP contribution in [0.4, 0.5) is 5.69 Å². The Morgan fingerprint density at radius 2 is 1.92 bits per heavy atom. The van der Waals surface area contributed by atoms with Gasteiger partial charge in [0.2, 0.25) is 0 Å². The highest BCUT2D eigenvalue weighted by atomic mass is 16.2. The summed E-state index contributed by atoms with van der Waals surface area (Å²) in [6.07, 6.45) is 0. The fourth-order valence-corrected chi connectivity index (χ4v) is 3.39. The number of anilines is 1. The number of hydrogen-bond acceptors (Lipinski definition) is 2. The lowest BCUT2D eigenvalue weighted by Crippen LogP contribution is -2.34. The van der Waals surface area contributed by atoms with Gasteiger partial charge in [0.1, 0.15) is 5.69 Å². The van der Waals surface area contributed by atoms with Gasteiger partial charge in [-0.1, -0.05) is 30.3 Å². The van der Waals surface area contributed by atoms with Crippen LogP contribution in [0.2, 0.25) is 0 Å². The van der Waals surface area contributed by atoms with E-state index in [4.69, 9.17) is 0 Å². The number of benzene rings is 2. The number of carbonyl (C=O) groups excluding carboxylic acids is 1. The monoisotopic (exact) mass is 319 g/mol. The summed E-state index contributed by atoms with van der Waals surface area (Å²) in [6.45, 7) is 4.26. The summed E-state index contributed by atoms with van der Waals surface area (Å²) in [4.78, 5) is 20.4. The number of aryl methyl sites for hydroxylation is 1. The molecule has 0 saturated carbocycles. The number of likely N-dealkylation sites (N-methyl/N-ethyl adjacent to an activating group) is 1. The second-order valence-corrected chi connectivity index (χ2v) is 6.55. The Kier molecular flexibility index (Phi) is 3.53.